The molecule has 3 unspecified atom stereocenters. The summed E-state index contributed by atoms with van der Waals surface area (Å²) in [6.07, 6.45) is 1.86. The molecule has 9 rings (SSSR count). The SMILES string of the molecule is C.CC(C)(C)OC(=O)C(NCc1ccc(C(C)(C)C)cc1)c1ccccc1.CC(C)(C)OC(=O)CNCc1ccc(C(C)(C)C)c(F)c1F.CC(C)(C)c1ccc(C(=O)NOc2ccccc2)cc1.CC(C)C(NC(=O)c1ccc(C(C)(C)C)cc1)C(=O)OC(C)(C)C.COC(=O)C(CO)NC(=O)c1ccc(C(C)(C)C)cc1.COc1ccc(C(C)(C)C)cc1F.COc1ccc(C(C)(C)C)cn1. The first-order valence-electron chi connectivity index (χ1n) is 46.3. The van der Waals surface area contributed by atoms with Crippen LogP contribution in [0.3, 0.4) is 0 Å². The quantitative estimate of drug-likeness (QED) is 0.0209. The Balaban J connectivity index is 0.000000550. The molecule has 8 aromatic carbocycles. The van der Waals surface area contributed by atoms with Crippen LogP contribution in [0.15, 0.2) is 206 Å². The van der Waals surface area contributed by atoms with Crippen molar-refractivity contribution in [3.63, 3.8) is 0 Å². The van der Waals surface area contributed by atoms with E-state index in [1.807, 2.05) is 218 Å². The van der Waals surface area contributed by atoms with Gasteiger partial charge < -0.3 is 54.3 Å². The summed E-state index contributed by atoms with van der Waals surface area (Å²) in [6, 6.07) is 59.5. The number of nitrogens with one attached hydrogen (secondary N) is 5. The summed E-state index contributed by atoms with van der Waals surface area (Å²) in [5.41, 5.74) is 11.8. The summed E-state index contributed by atoms with van der Waals surface area (Å²) in [4.78, 5) is 93.6. The highest BCUT2D eigenvalue weighted by Crippen LogP contribution is 2.32. The van der Waals surface area contributed by atoms with Gasteiger partial charge in [-0.05, 0) is 217 Å². The lowest BCUT2D eigenvalue weighted by Crippen LogP contribution is -2.47. The minimum Gasteiger partial charge on any atom is -0.494 e. The molecule has 0 radical (unpaired) electrons. The van der Waals surface area contributed by atoms with Crippen LogP contribution in [-0.4, -0.2) is 115 Å². The molecular weight excluding hydrogens is 1750 g/mol. The second kappa shape index (κ2) is 54.0. The van der Waals surface area contributed by atoms with E-state index in [-0.39, 0.29) is 88.1 Å². The zero-order valence-electron chi connectivity index (χ0n) is 88.0. The second-order valence-corrected chi connectivity index (χ2v) is 43.8. The molecule has 0 fully saturated rings. The number of aromatic nitrogens is 1. The minimum atomic E-state index is -1.05. The fraction of sp³-hybridized carbons (Fsp3) is 0.474. The lowest BCUT2D eigenvalue weighted by atomic mass is 9.86. The summed E-state index contributed by atoms with van der Waals surface area (Å²) in [7, 11) is 4.30. The van der Waals surface area contributed by atoms with E-state index >= 15 is 0 Å². The number of pyridine rings is 1. The van der Waals surface area contributed by atoms with Gasteiger partial charge in [0.25, 0.3) is 17.7 Å². The molecule has 0 aliphatic heterocycles. The van der Waals surface area contributed by atoms with Crippen molar-refractivity contribution in [3.05, 3.63) is 296 Å². The van der Waals surface area contributed by atoms with Crippen molar-refractivity contribution < 1.29 is 85.1 Å². The molecule has 21 nitrogen and oxygen atoms in total. The van der Waals surface area contributed by atoms with E-state index in [0.717, 1.165) is 27.8 Å². The lowest BCUT2D eigenvalue weighted by molar-refractivity contribution is -0.159. The molecule has 6 N–H and O–H groups in total. The number of halogens is 3. The number of hydroxylamine groups is 1. The van der Waals surface area contributed by atoms with Gasteiger partial charge in [0.05, 0.1) is 34.5 Å². The minimum absolute atomic E-state index is 0. The van der Waals surface area contributed by atoms with Crippen LogP contribution in [0, 0.1) is 23.4 Å². The smallest absolute Gasteiger partial charge is 0.330 e. The maximum absolute atomic E-state index is 14.1. The number of nitrogens with zero attached hydrogens (tertiary/aromatic N) is 1. The van der Waals surface area contributed by atoms with E-state index in [1.54, 1.807) is 82.5 Å². The molecule has 9 aromatic rings. The number of rotatable bonds is 22. The number of ether oxygens (including phenoxy) is 6. The van der Waals surface area contributed by atoms with E-state index in [9.17, 15) is 46.7 Å². The van der Waals surface area contributed by atoms with Crippen molar-refractivity contribution >= 4 is 41.6 Å². The Morgan fingerprint density at radius 1 is 0.406 bits per heavy atom. The molecule has 3 atom stereocenters. The van der Waals surface area contributed by atoms with Crippen molar-refractivity contribution in [3.8, 4) is 17.4 Å². The molecule has 0 bridgehead atoms. The normalized spacial score (nSPS) is 12.3. The molecule has 0 spiro atoms. The van der Waals surface area contributed by atoms with Crippen LogP contribution >= 0.6 is 0 Å². The van der Waals surface area contributed by atoms with E-state index in [0.29, 0.717) is 46.2 Å². The van der Waals surface area contributed by atoms with Gasteiger partial charge in [0.15, 0.2) is 35.0 Å². The van der Waals surface area contributed by atoms with Gasteiger partial charge in [-0.25, -0.2) is 32.5 Å². The maximum Gasteiger partial charge on any atom is 0.330 e. The fourth-order valence-electron chi connectivity index (χ4n) is 12.4. The number of amides is 3. The fourth-order valence-corrected chi connectivity index (χ4v) is 12.4. The van der Waals surface area contributed by atoms with Crippen LogP contribution < -0.4 is 41.1 Å². The van der Waals surface area contributed by atoms with Gasteiger partial charge in [-0.3, -0.25) is 24.5 Å². The molecule has 0 aliphatic carbocycles. The molecule has 3 amide bonds. The molecule has 138 heavy (non-hydrogen) atoms. The van der Waals surface area contributed by atoms with Crippen LogP contribution in [0.4, 0.5) is 13.2 Å². The number of carbonyl (C=O) groups excluding carboxylic acids is 7. The van der Waals surface area contributed by atoms with Gasteiger partial charge in [-0.15, -0.1) is 0 Å². The van der Waals surface area contributed by atoms with Crippen LogP contribution in [0.5, 0.6) is 17.4 Å². The Morgan fingerprint density at radius 3 is 1.19 bits per heavy atom. The first-order chi connectivity index (χ1) is 63.0. The van der Waals surface area contributed by atoms with Gasteiger partial charge in [0.2, 0.25) is 5.88 Å². The van der Waals surface area contributed by atoms with Crippen LogP contribution in [-0.2, 0) is 89.1 Å². The Morgan fingerprint density at radius 2 is 0.812 bits per heavy atom. The molecule has 0 saturated carbocycles. The number of esters is 4. The van der Waals surface area contributed by atoms with Crippen molar-refractivity contribution in [2.24, 2.45) is 5.92 Å². The van der Waals surface area contributed by atoms with Crippen molar-refractivity contribution in [1.29, 1.82) is 0 Å². The third-order valence-electron chi connectivity index (χ3n) is 20.5. The topological polar surface area (TPSA) is 277 Å². The summed E-state index contributed by atoms with van der Waals surface area (Å²) in [5.74, 6) is -3.19. The molecule has 0 aliphatic rings. The highest BCUT2D eigenvalue weighted by atomic mass is 19.2. The number of aliphatic hydroxyl groups is 1. The maximum atomic E-state index is 14.1. The monoisotopic (exact) mass is 1910 g/mol. The van der Waals surface area contributed by atoms with E-state index < -0.39 is 82.4 Å². The number of para-hydroxylation sites is 1. The van der Waals surface area contributed by atoms with Crippen molar-refractivity contribution in [2.75, 3.05) is 34.5 Å². The molecule has 0 saturated heterocycles. The zero-order valence-corrected chi connectivity index (χ0v) is 88.0. The first-order valence-corrected chi connectivity index (χ1v) is 46.3. The Bertz CT molecular complexity index is 5230. The number of hydrogen-bond donors (Lipinski definition) is 6. The second-order valence-electron chi connectivity index (χ2n) is 43.8. The highest BCUT2D eigenvalue weighted by Gasteiger charge is 2.32. The van der Waals surface area contributed by atoms with Crippen molar-refractivity contribution in [2.45, 2.75) is 315 Å². The Kier molecular flexibility index (Phi) is 47.9. The predicted octanol–water partition coefficient (Wildman–Crippen LogP) is 24.0. The van der Waals surface area contributed by atoms with Gasteiger partial charge in [-0.2, -0.15) is 5.48 Å². The van der Waals surface area contributed by atoms with Crippen LogP contribution in [0.25, 0.3) is 0 Å². The average molecular weight is 1910 g/mol. The van der Waals surface area contributed by atoms with Gasteiger partial charge in [0.1, 0.15) is 28.9 Å². The number of benzene rings is 8. The number of carbonyl (C=O) groups is 7. The molecule has 758 valence electrons. The third-order valence-corrected chi connectivity index (χ3v) is 20.5. The summed E-state index contributed by atoms with van der Waals surface area (Å²) >= 11 is 0. The van der Waals surface area contributed by atoms with Crippen LogP contribution in [0.2, 0.25) is 0 Å². The average Bonchev–Trinajstić information content (AvgIpc) is 0.796. The predicted molar refractivity (Wildman–Crippen MR) is 550 cm³/mol. The molecule has 1 aromatic heterocycles. The van der Waals surface area contributed by atoms with E-state index in [1.165, 1.54) is 37.0 Å². The Hall–Kier alpha value is -11.7. The molecule has 1 heterocycles. The summed E-state index contributed by atoms with van der Waals surface area (Å²) < 4.78 is 71.8. The van der Waals surface area contributed by atoms with E-state index in [4.69, 9.17) is 33.6 Å². The first kappa shape index (κ1) is 122. The van der Waals surface area contributed by atoms with E-state index in [2.05, 4.69) is 165 Å². The number of hydrogen-bond acceptors (Lipinski definition) is 18. The third kappa shape index (κ3) is 44.8. The van der Waals surface area contributed by atoms with Gasteiger partial charge in [-0.1, -0.05) is 300 Å². The van der Waals surface area contributed by atoms with Gasteiger partial charge >= 0.3 is 23.9 Å². The highest BCUT2D eigenvalue weighted by molar-refractivity contribution is 5.98. The zero-order chi connectivity index (χ0) is 104. The van der Waals surface area contributed by atoms with Gasteiger partial charge in [0, 0.05) is 47.6 Å². The number of aliphatic hydroxyl groups excluding tert-OH is 1. The summed E-state index contributed by atoms with van der Waals surface area (Å²) in [6.45, 7) is 64.1. The lowest BCUT2D eigenvalue weighted by Gasteiger charge is -2.26. The van der Waals surface area contributed by atoms with Crippen LogP contribution in [0.1, 0.15) is 322 Å². The molecular formula is C114H161F3N6O15. The molecule has 24 heteroatoms. The standard InChI is InChI=1S/C23H31NO2.C20H31NO3.C17H25F2NO2.C17H19NO2.C15H21NO4.C11H15FO.C10H15NO.CH4/c1-22(2,3)19-14-12-17(13-15-19)16-24-20(18-10-8-7-9-11-18)21(25)26-23(4,5)6;1-13(2)16(18(23)24-20(6,7)8)21-17(22)14-9-11-15(12-10-14)19(3,4)5;1-16(2,3)12-8-7-11(14(18)15(12)19)9-20-10-13(21)22-17(4,5)6;1-17(2,3)14-11-9-13(10-12-14)16(19)18-20-15-7-5-4-6-8-15;1-15(2,3)11-7-5-10(6-8-11)13(18)16-12(9-17)14(19)20-4;1-11(2,3)8-5-6-10(13-4)9(12)7-8;1-10(2,3)8-5-6-9(12-4)11-7-8;/h7-15,20,24H,16H2,1-6H3;9-13,16H,1-8H3,(H,21,22);7-8,20H,9-10H2,1-6H3;4-12H,1-3H3,(H,18,19);5-8,12,17H,9H2,1-4H3,(H,16,18);5-7H,1-4H3;5-7H,1-4H3;1H4. The Labute approximate surface area is 822 Å². The largest absolute Gasteiger partial charge is 0.494 e. The van der Waals surface area contributed by atoms with Crippen molar-refractivity contribution in [1.82, 2.24) is 31.7 Å². The number of methoxy groups -OCH3 is 3. The summed E-state index contributed by atoms with van der Waals surface area (Å²) in [5, 5.41) is 20.4.